The smallest absolute Gasteiger partial charge is 0.428 e. The van der Waals surface area contributed by atoms with Crippen molar-refractivity contribution >= 4 is 47.3 Å². The minimum atomic E-state index is -0.934. The maximum absolute atomic E-state index is 14.7. The third kappa shape index (κ3) is 6.99. The fourth-order valence-corrected chi connectivity index (χ4v) is 4.52. The van der Waals surface area contributed by atoms with Crippen molar-refractivity contribution in [1.29, 1.82) is 5.26 Å². The SMILES string of the molecule is CC1CC(c2cc(/C=C(\F)c3ccc(C#N)cn3)cnc2F)N=C(N(SF)C(=O)OC(C)(C)C)S1. The largest absolute Gasteiger partial charge is 0.443 e. The van der Waals surface area contributed by atoms with E-state index in [1.807, 2.05) is 13.0 Å². The zero-order chi connectivity index (χ0) is 25.8. The Morgan fingerprint density at radius 1 is 1.34 bits per heavy atom. The third-order valence-corrected chi connectivity index (χ3v) is 6.28. The Labute approximate surface area is 209 Å². The summed E-state index contributed by atoms with van der Waals surface area (Å²) >= 11 is 0.813. The Kier molecular flexibility index (Phi) is 8.45. The van der Waals surface area contributed by atoms with Gasteiger partial charge in [0.05, 0.1) is 17.3 Å². The van der Waals surface area contributed by atoms with Crippen LogP contribution in [-0.4, -0.2) is 36.4 Å². The Hall–Kier alpha value is -3.04. The number of thioether (sulfide) groups is 1. The number of pyridine rings is 2. The van der Waals surface area contributed by atoms with Crippen LogP contribution >= 0.6 is 24.1 Å². The number of aromatic nitrogens is 2. The van der Waals surface area contributed by atoms with Crippen LogP contribution in [0.3, 0.4) is 0 Å². The molecule has 0 aliphatic carbocycles. The summed E-state index contributed by atoms with van der Waals surface area (Å²) in [6.45, 7) is 6.80. The third-order valence-electron chi connectivity index (χ3n) is 4.61. The lowest BCUT2D eigenvalue weighted by Crippen LogP contribution is -2.36. The Bertz CT molecular complexity index is 1190. The minimum Gasteiger partial charge on any atom is -0.443 e. The van der Waals surface area contributed by atoms with Gasteiger partial charge in [-0.05, 0) is 57.0 Å². The van der Waals surface area contributed by atoms with Crippen LogP contribution in [0.25, 0.3) is 11.9 Å². The van der Waals surface area contributed by atoms with Gasteiger partial charge in [0.25, 0.3) is 0 Å². The average Bonchev–Trinajstić information content (AvgIpc) is 2.79. The number of amidine groups is 1. The van der Waals surface area contributed by atoms with Gasteiger partial charge in [-0.3, -0.25) is 9.98 Å². The van der Waals surface area contributed by atoms with Crippen LogP contribution in [0.1, 0.15) is 62.5 Å². The normalized spacial score (nSPS) is 18.5. The highest BCUT2D eigenvalue weighted by atomic mass is 32.2. The molecular weight excluding hydrogens is 499 g/mol. The van der Waals surface area contributed by atoms with Crippen LogP contribution in [0, 0.1) is 17.3 Å². The molecule has 0 radical (unpaired) electrons. The van der Waals surface area contributed by atoms with Gasteiger partial charge in [0.1, 0.15) is 17.5 Å². The Morgan fingerprint density at radius 2 is 2.09 bits per heavy atom. The summed E-state index contributed by atoms with van der Waals surface area (Å²) in [7, 11) is 0. The summed E-state index contributed by atoms with van der Waals surface area (Å²) in [5.41, 5.74) is -0.211. The van der Waals surface area contributed by atoms with E-state index in [1.54, 1.807) is 20.8 Å². The number of carbonyl (C=O) groups excluding carboxylic acids is 1. The molecule has 35 heavy (non-hydrogen) atoms. The number of nitrogens with zero attached hydrogens (tertiary/aromatic N) is 5. The number of halogens is 3. The van der Waals surface area contributed by atoms with Crippen LogP contribution in [0.15, 0.2) is 35.6 Å². The molecule has 184 valence electrons. The van der Waals surface area contributed by atoms with E-state index in [4.69, 9.17) is 10.00 Å². The summed E-state index contributed by atoms with van der Waals surface area (Å²) in [6.07, 6.45) is 3.00. The highest BCUT2D eigenvalue weighted by molar-refractivity contribution is 8.15. The molecule has 2 aromatic rings. The fraction of sp³-hybridized carbons (Fsp3) is 0.348. The highest BCUT2D eigenvalue weighted by Gasteiger charge is 2.34. The van der Waals surface area contributed by atoms with Crippen molar-refractivity contribution < 1.29 is 22.2 Å². The zero-order valence-corrected chi connectivity index (χ0v) is 21.0. The van der Waals surface area contributed by atoms with Gasteiger partial charge in [-0.1, -0.05) is 18.7 Å². The number of ether oxygens (including phenoxy) is 1. The summed E-state index contributed by atoms with van der Waals surface area (Å²) < 4.78 is 49.0. The van der Waals surface area contributed by atoms with Gasteiger partial charge in [-0.15, -0.1) is 3.89 Å². The van der Waals surface area contributed by atoms with Crippen molar-refractivity contribution in [2.45, 2.75) is 51.0 Å². The maximum Gasteiger partial charge on any atom is 0.428 e. The first kappa shape index (κ1) is 26.6. The Morgan fingerprint density at radius 3 is 2.69 bits per heavy atom. The van der Waals surface area contributed by atoms with E-state index in [-0.39, 0.29) is 45.1 Å². The maximum atomic E-state index is 14.7. The number of amides is 1. The van der Waals surface area contributed by atoms with Crippen molar-refractivity contribution in [2.24, 2.45) is 4.99 Å². The molecule has 0 spiro atoms. The number of carbonyl (C=O) groups is 1. The summed E-state index contributed by atoms with van der Waals surface area (Å²) in [5, 5.41) is 8.74. The van der Waals surface area contributed by atoms with Crippen molar-refractivity contribution in [2.75, 3.05) is 0 Å². The first-order chi connectivity index (χ1) is 16.5. The van der Waals surface area contributed by atoms with Crippen molar-refractivity contribution in [3.8, 4) is 6.07 Å². The number of hydrogen-bond acceptors (Lipinski definition) is 8. The first-order valence-corrected chi connectivity index (χ1v) is 12.0. The zero-order valence-electron chi connectivity index (χ0n) is 19.3. The van der Waals surface area contributed by atoms with Crippen molar-refractivity contribution in [1.82, 2.24) is 14.3 Å². The van der Waals surface area contributed by atoms with Crippen LogP contribution in [0.2, 0.25) is 0 Å². The molecule has 0 bridgehead atoms. The van der Waals surface area contributed by atoms with E-state index in [0.717, 1.165) is 24.0 Å². The molecule has 0 fully saturated rings. The first-order valence-electron chi connectivity index (χ1n) is 10.5. The second-order valence-corrected chi connectivity index (χ2v) is 10.5. The van der Waals surface area contributed by atoms with E-state index in [2.05, 4.69) is 15.0 Å². The van der Waals surface area contributed by atoms with Crippen molar-refractivity contribution in [3.63, 3.8) is 0 Å². The van der Waals surface area contributed by atoms with Gasteiger partial charge in [0.2, 0.25) is 5.95 Å². The monoisotopic (exact) mass is 521 g/mol. The molecule has 0 N–H and O–H groups in total. The summed E-state index contributed by atoms with van der Waals surface area (Å²) in [5.74, 6) is -1.50. The lowest BCUT2D eigenvalue weighted by atomic mass is 10.0. The molecule has 7 nitrogen and oxygen atoms in total. The lowest BCUT2D eigenvalue weighted by Gasteiger charge is -2.30. The van der Waals surface area contributed by atoms with Crippen LogP contribution in [0.4, 0.5) is 17.5 Å². The minimum absolute atomic E-state index is 0.00541. The van der Waals surface area contributed by atoms with Gasteiger partial charge in [-0.2, -0.15) is 14.0 Å². The molecule has 0 saturated heterocycles. The predicted octanol–water partition coefficient (Wildman–Crippen LogP) is 6.65. The van der Waals surface area contributed by atoms with Gasteiger partial charge >= 0.3 is 6.09 Å². The van der Waals surface area contributed by atoms with E-state index < -0.39 is 29.5 Å². The van der Waals surface area contributed by atoms with Gasteiger partial charge in [0, 0.05) is 23.2 Å². The fourth-order valence-electron chi connectivity index (χ4n) is 3.11. The van der Waals surface area contributed by atoms with Crippen LogP contribution in [0.5, 0.6) is 0 Å². The van der Waals surface area contributed by atoms with Crippen molar-refractivity contribution in [3.05, 3.63) is 58.9 Å². The molecule has 0 saturated carbocycles. The molecule has 1 aliphatic rings. The standard InChI is InChI=1S/C23H22F3N5O2S2/c1-13-7-19(30-21(34-13)31(35-26)22(32)33-23(2,3)4)16-8-15(12-29-20(16)25)9-17(24)18-6-5-14(10-27)11-28-18/h5-6,8-9,11-13,19H,7H2,1-4H3/b17-9-. The molecular formula is C23H22F3N5O2S2. The second kappa shape index (κ2) is 11.1. The second-order valence-electron chi connectivity index (χ2n) is 8.62. The average molecular weight is 522 g/mol. The molecule has 2 atom stereocenters. The molecule has 1 amide bonds. The van der Waals surface area contributed by atoms with Crippen LogP contribution in [-0.2, 0) is 4.74 Å². The van der Waals surface area contributed by atoms with Gasteiger partial charge in [0.15, 0.2) is 17.5 Å². The molecule has 0 aromatic carbocycles. The van der Waals surface area contributed by atoms with E-state index in [9.17, 15) is 17.5 Å². The molecule has 3 heterocycles. The number of aliphatic imine (C=N–C) groups is 1. The van der Waals surface area contributed by atoms with Gasteiger partial charge in [-0.25, -0.2) is 14.2 Å². The number of nitriles is 1. The lowest BCUT2D eigenvalue weighted by molar-refractivity contribution is 0.0473. The van der Waals surface area contributed by atoms with E-state index in [0.29, 0.717) is 10.7 Å². The molecule has 1 aliphatic heterocycles. The molecule has 2 aromatic heterocycles. The highest BCUT2D eigenvalue weighted by Crippen LogP contribution is 2.38. The number of hydrogen-bond donors (Lipinski definition) is 0. The molecule has 12 heteroatoms. The van der Waals surface area contributed by atoms with E-state index in [1.165, 1.54) is 24.4 Å². The number of rotatable bonds is 4. The summed E-state index contributed by atoms with van der Waals surface area (Å²) in [4.78, 5) is 24.5. The van der Waals surface area contributed by atoms with Gasteiger partial charge < -0.3 is 4.74 Å². The quantitative estimate of drug-likeness (QED) is 0.329. The Balaban J connectivity index is 1.92. The predicted molar refractivity (Wildman–Crippen MR) is 131 cm³/mol. The van der Waals surface area contributed by atoms with E-state index >= 15 is 0 Å². The van der Waals surface area contributed by atoms with Crippen LogP contribution < -0.4 is 0 Å². The summed E-state index contributed by atoms with van der Waals surface area (Å²) in [6, 6.07) is 5.31. The molecule has 3 rings (SSSR count). The topological polar surface area (TPSA) is 91.5 Å². The molecule has 2 unspecified atom stereocenters.